The predicted molar refractivity (Wildman–Crippen MR) is 118 cm³/mol. The number of aromatic nitrogens is 1. The largest absolute Gasteiger partial charge is 0.497 e. The van der Waals surface area contributed by atoms with Crippen LogP contribution in [0, 0.1) is 0 Å². The standard InChI is InChI=1S/C24H23ClN2O3/c1-30-17-11-9-16(10-12-17)14-26-23(28)15-27-22-8-4-6-19(22)20(13-24(27)29)18-5-2-3-7-21(18)25/h2-3,5,7,9-13H,4,6,8,14-15H2,1H3,(H,26,28). The third kappa shape index (κ3) is 4.12. The number of halogens is 1. The van der Waals surface area contributed by atoms with Gasteiger partial charge in [0.1, 0.15) is 12.3 Å². The van der Waals surface area contributed by atoms with Crippen molar-refractivity contribution in [2.24, 2.45) is 0 Å². The lowest BCUT2D eigenvalue weighted by Crippen LogP contribution is -2.33. The fraction of sp³-hybridized carbons (Fsp3) is 0.250. The van der Waals surface area contributed by atoms with Crippen LogP contribution in [0.25, 0.3) is 11.1 Å². The molecule has 6 heteroatoms. The van der Waals surface area contributed by atoms with Gasteiger partial charge in [-0.25, -0.2) is 0 Å². The van der Waals surface area contributed by atoms with Gasteiger partial charge in [0.05, 0.1) is 7.11 Å². The molecule has 1 heterocycles. The van der Waals surface area contributed by atoms with Crippen molar-refractivity contribution in [1.29, 1.82) is 0 Å². The van der Waals surface area contributed by atoms with Crippen molar-refractivity contribution in [3.63, 3.8) is 0 Å². The van der Waals surface area contributed by atoms with Crippen LogP contribution in [0.4, 0.5) is 0 Å². The SMILES string of the molecule is COc1ccc(CNC(=O)Cn2c3c(c(-c4ccccc4Cl)cc2=O)CCC3)cc1. The lowest BCUT2D eigenvalue weighted by molar-refractivity contribution is -0.121. The number of pyridine rings is 1. The normalized spacial score (nSPS) is 12.5. The molecule has 0 aliphatic heterocycles. The number of hydrogen-bond acceptors (Lipinski definition) is 3. The van der Waals surface area contributed by atoms with E-state index >= 15 is 0 Å². The minimum absolute atomic E-state index is 0.0140. The van der Waals surface area contributed by atoms with E-state index in [1.807, 2.05) is 48.5 Å². The zero-order valence-corrected chi connectivity index (χ0v) is 17.5. The molecular formula is C24H23ClN2O3. The van der Waals surface area contributed by atoms with Crippen LogP contribution in [0.15, 0.2) is 59.4 Å². The summed E-state index contributed by atoms with van der Waals surface area (Å²) >= 11 is 6.37. The number of ether oxygens (including phenoxy) is 1. The molecule has 2 aromatic carbocycles. The highest BCUT2D eigenvalue weighted by atomic mass is 35.5. The van der Waals surface area contributed by atoms with Crippen LogP contribution >= 0.6 is 11.6 Å². The second-order valence-electron chi connectivity index (χ2n) is 7.37. The Labute approximate surface area is 180 Å². The molecule has 1 aromatic heterocycles. The Bertz CT molecular complexity index is 1140. The molecule has 0 unspecified atom stereocenters. The molecule has 3 aromatic rings. The summed E-state index contributed by atoms with van der Waals surface area (Å²) in [5, 5.41) is 3.52. The van der Waals surface area contributed by atoms with Gasteiger partial charge in [0.2, 0.25) is 5.91 Å². The maximum atomic E-state index is 12.9. The number of methoxy groups -OCH3 is 1. The molecule has 1 aliphatic rings. The number of carbonyl (C=O) groups excluding carboxylic acids is 1. The summed E-state index contributed by atoms with van der Waals surface area (Å²) in [5.74, 6) is 0.582. The van der Waals surface area contributed by atoms with Crippen molar-refractivity contribution in [1.82, 2.24) is 9.88 Å². The lowest BCUT2D eigenvalue weighted by Gasteiger charge is -2.16. The number of hydrogen-bond donors (Lipinski definition) is 1. The van der Waals surface area contributed by atoms with E-state index in [0.717, 1.165) is 53.0 Å². The highest BCUT2D eigenvalue weighted by Gasteiger charge is 2.23. The van der Waals surface area contributed by atoms with Crippen LogP contribution in [-0.4, -0.2) is 17.6 Å². The monoisotopic (exact) mass is 422 g/mol. The first kappa shape index (κ1) is 20.2. The Hall–Kier alpha value is -3.05. The smallest absolute Gasteiger partial charge is 0.251 e. The number of benzene rings is 2. The summed E-state index contributed by atoms with van der Waals surface area (Å²) in [6.07, 6.45) is 2.63. The maximum Gasteiger partial charge on any atom is 0.251 e. The number of amides is 1. The number of carbonyl (C=O) groups is 1. The molecule has 1 aliphatic carbocycles. The summed E-state index contributed by atoms with van der Waals surface area (Å²) in [7, 11) is 1.62. The lowest BCUT2D eigenvalue weighted by atomic mass is 9.99. The van der Waals surface area contributed by atoms with Crippen molar-refractivity contribution in [2.75, 3.05) is 7.11 Å². The zero-order valence-electron chi connectivity index (χ0n) is 16.8. The van der Waals surface area contributed by atoms with E-state index in [-0.39, 0.29) is 18.0 Å². The second-order valence-corrected chi connectivity index (χ2v) is 7.77. The van der Waals surface area contributed by atoms with Crippen molar-refractivity contribution >= 4 is 17.5 Å². The molecule has 0 radical (unpaired) electrons. The second kappa shape index (κ2) is 8.76. The average Bonchev–Trinajstić information content (AvgIpc) is 3.25. The summed E-state index contributed by atoms with van der Waals surface area (Å²) < 4.78 is 6.75. The molecule has 154 valence electrons. The number of rotatable bonds is 6. The van der Waals surface area contributed by atoms with Gasteiger partial charge in [-0.2, -0.15) is 0 Å². The molecule has 0 fully saturated rings. The molecule has 30 heavy (non-hydrogen) atoms. The minimum atomic E-state index is -0.187. The molecule has 0 atom stereocenters. The predicted octanol–water partition coefficient (Wildman–Crippen LogP) is 3.98. The summed E-state index contributed by atoms with van der Waals surface area (Å²) in [6, 6.07) is 16.7. The van der Waals surface area contributed by atoms with Crippen LogP contribution in [0.3, 0.4) is 0 Å². The van der Waals surface area contributed by atoms with Gasteiger partial charge in [0, 0.05) is 28.9 Å². The molecule has 5 nitrogen and oxygen atoms in total. The van der Waals surface area contributed by atoms with Crippen molar-refractivity contribution in [2.45, 2.75) is 32.4 Å². The van der Waals surface area contributed by atoms with Crippen molar-refractivity contribution in [3.8, 4) is 16.9 Å². The number of nitrogens with one attached hydrogen (secondary N) is 1. The third-order valence-corrected chi connectivity index (χ3v) is 5.82. The fourth-order valence-electron chi connectivity index (χ4n) is 3.97. The van der Waals surface area contributed by atoms with Crippen LogP contribution < -0.4 is 15.6 Å². The van der Waals surface area contributed by atoms with Crippen molar-refractivity contribution < 1.29 is 9.53 Å². The van der Waals surface area contributed by atoms with Gasteiger partial charge in [-0.1, -0.05) is 41.9 Å². The molecule has 0 spiro atoms. The first-order chi connectivity index (χ1) is 14.6. The van der Waals surface area contributed by atoms with Crippen LogP contribution in [0.2, 0.25) is 5.02 Å². The van der Waals surface area contributed by atoms with Gasteiger partial charge >= 0.3 is 0 Å². The van der Waals surface area contributed by atoms with Gasteiger partial charge in [-0.15, -0.1) is 0 Å². The van der Waals surface area contributed by atoms with E-state index in [1.165, 1.54) is 0 Å². The molecular weight excluding hydrogens is 400 g/mol. The first-order valence-corrected chi connectivity index (χ1v) is 10.3. The third-order valence-electron chi connectivity index (χ3n) is 5.49. The van der Waals surface area contributed by atoms with Gasteiger partial charge in [0.25, 0.3) is 5.56 Å². The Morgan fingerprint density at radius 1 is 1.10 bits per heavy atom. The fourth-order valence-corrected chi connectivity index (χ4v) is 4.21. The van der Waals surface area contributed by atoms with Crippen molar-refractivity contribution in [3.05, 3.63) is 86.8 Å². The molecule has 0 saturated carbocycles. The molecule has 4 rings (SSSR count). The summed E-state index contributed by atoms with van der Waals surface area (Å²) in [4.78, 5) is 25.4. The van der Waals surface area contributed by atoms with Crippen LogP contribution in [-0.2, 0) is 30.7 Å². The Kier molecular flexibility index (Phi) is 5.91. The quantitative estimate of drug-likeness (QED) is 0.653. The minimum Gasteiger partial charge on any atom is -0.497 e. The van der Waals surface area contributed by atoms with Crippen LogP contribution in [0.5, 0.6) is 5.75 Å². The first-order valence-electron chi connectivity index (χ1n) is 9.97. The highest BCUT2D eigenvalue weighted by Crippen LogP contribution is 2.34. The van der Waals surface area contributed by atoms with Gasteiger partial charge in [-0.3, -0.25) is 9.59 Å². The highest BCUT2D eigenvalue weighted by molar-refractivity contribution is 6.33. The Balaban J connectivity index is 1.55. The summed E-state index contributed by atoms with van der Waals surface area (Å²) in [6.45, 7) is 0.414. The number of nitrogens with zero attached hydrogens (tertiary/aromatic N) is 1. The van der Waals surface area contributed by atoms with E-state index in [4.69, 9.17) is 16.3 Å². The van der Waals surface area contributed by atoms with Gasteiger partial charge in [-0.05, 0) is 54.2 Å². The molecule has 0 bridgehead atoms. The molecule has 1 N–H and O–H groups in total. The van der Waals surface area contributed by atoms with Crippen LogP contribution in [0.1, 0.15) is 23.2 Å². The molecule has 1 amide bonds. The number of fused-ring (bicyclic) bond motifs is 1. The van der Waals surface area contributed by atoms with E-state index < -0.39 is 0 Å². The zero-order chi connectivity index (χ0) is 21.1. The Morgan fingerprint density at radius 2 is 1.87 bits per heavy atom. The van der Waals surface area contributed by atoms with E-state index in [9.17, 15) is 9.59 Å². The van der Waals surface area contributed by atoms with E-state index in [0.29, 0.717) is 11.6 Å². The average molecular weight is 423 g/mol. The maximum absolute atomic E-state index is 12.9. The Morgan fingerprint density at radius 3 is 2.60 bits per heavy atom. The van der Waals surface area contributed by atoms with Gasteiger partial charge in [0.15, 0.2) is 0 Å². The summed E-state index contributed by atoms with van der Waals surface area (Å²) in [5.41, 5.74) is 4.60. The van der Waals surface area contributed by atoms with E-state index in [1.54, 1.807) is 17.7 Å². The topological polar surface area (TPSA) is 60.3 Å². The van der Waals surface area contributed by atoms with Gasteiger partial charge < -0.3 is 14.6 Å². The molecule has 0 saturated heterocycles. The van der Waals surface area contributed by atoms with E-state index in [2.05, 4.69) is 5.32 Å².